The summed E-state index contributed by atoms with van der Waals surface area (Å²) in [5.41, 5.74) is 0.0122. The number of nitrogens with zero attached hydrogens (tertiary/aromatic N) is 2. The van der Waals surface area contributed by atoms with Crippen molar-refractivity contribution in [2.75, 3.05) is 19.7 Å². The van der Waals surface area contributed by atoms with Crippen LogP contribution in [0.5, 0.6) is 11.5 Å². The Morgan fingerprint density at radius 2 is 1.38 bits per heavy atom. The van der Waals surface area contributed by atoms with Crippen LogP contribution in [0.15, 0.2) is 33.2 Å². The standard InChI is InChI=1S/C23H28N2O7S2/c1-4-7-10-24-20(27)13(21(28)25(24)11-8-5-2)22-33-18-14(26)15-16(32-23(29)31-15)17(19(18)34-22)30-12-9-6-3/h26H,4-12H2,1-3H3. The molecule has 0 unspecified atom stereocenters. The number of hydrogen-bond acceptors (Lipinski definition) is 9. The first-order valence-corrected chi connectivity index (χ1v) is 13.2. The largest absolute Gasteiger partial charge is 0.519 e. The molecule has 1 N–H and O–H groups in total. The Labute approximate surface area is 205 Å². The molecule has 34 heavy (non-hydrogen) atoms. The van der Waals surface area contributed by atoms with E-state index in [9.17, 15) is 19.5 Å². The van der Waals surface area contributed by atoms with Crippen molar-refractivity contribution in [3.8, 4) is 11.5 Å². The Hall–Kier alpha value is -2.53. The summed E-state index contributed by atoms with van der Waals surface area (Å²) in [6.07, 6.45) is 5.06. The number of fused-ring (bicyclic) bond motifs is 2. The number of phenolic OH excluding ortho intramolecular Hbond substituents is 1. The molecule has 2 aliphatic rings. The maximum Gasteiger partial charge on any atom is 0.519 e. The van der Waals surface area contributed by atoms with Crippen molar-refractivity contribution in [2.45, 2.75) is 69.1 Å². The van der Waals surface area contributed by atoms with E-state index in [0.717, 1.165) is 50.3 Å². The van der Waals surface area contributed by atoms with Gasteiger partial charge in [0, 0.05) is 13.1 Å². The number of hydrogen-bond donors (Lipinski definition) is 1. The van der Waals surface area contributed by atoms with Crippen LogP contribution < -0.4 is 10.6 Å². The quantitative estimate of drug-likeness (QED) is 0.273. The van der Waals surface area contributed by atoms with E-state index in [1.807, 2.05) is 20.8 Å². The molecule has 0 spiro atoms. The van der Waals surface area contributed by atoms with Gasteiger partial charge in [-0.1, -0.05) is 63.6 Å². The van der Waals surface area contributed by atoms with Crippen LogP contribution in [-0.4, -0.2) is 46.6 Å². The summed E-state index contributed by atoms with van der Waals surface area (Å²) >= 11 is 2.29. The Balaban J connectivity index is 1.76. The summed E-state index contributed by atoms with van der Waals surface area (Å²) in [4.78, 5) is 39.3. The predicted octanol–water partition coefficient (Wildman–Crippen LogP) is 4.87. The van der Waals surface area contributed by atoms with Gasteiger partial charge in [-0.2, -0.15) is 0 Å². The molecule has 1 saturated heterocycles. The van der Waals surface area contributed by atoms with Crippen LogP contribution in [-0.2, 0) is 9.59 Å². The van der Waals surface area contributed by atoms with E-state index < -0.39 is 5.82 Å². The third kappa shape index (κ3) is 4.31. The molecule has 1 aromatic heterocycles. The normalized spacial score (nSPS) is 15.9. The second-order valence-electron chi connectivity index (χ2n) is 8.08. The lowest BCUT2D eigenvalue weighted by molar-refractivity contribution is -0.147. The molecular formula is C23H28N2O7S2. The van der Waals surface area contributed by atoms with Crippen molar-refractivity contribution in [2.24, 2.45) is 0 Å². The zero-order valence-corrected chi connectivity index (χ0v) is 21.1. The molecule has 2 aliphatic heterocycles. The molecule has 2 amide bonds. The number of amides is 2. The van der Waals surface area contributed by atoms with Crippen molar-refractivity contribution in [3.63, 3.8) is 0 Å². The number of unbranched alkanes of at least 4 members (excludes halogenated alkanes) is 3. The molecule has 9 nitrogen and oxygen atoms in total. The highest BCUT2D eigenvalue weighted by molar-refractivity contribution is 8.25. The number of thioether (sulfide) groups is 2. The number of aromatic hydroxyl groups is 1. The van der Waals surface area contributed by atoms with Gasteiger partial charge in [-0.15, -0.1) is 0 Å². The fourth-order valence-corrected chi connectivity index (χ4v) is 6.40. The molecule has 11 heteroatoms. The van der Waals surface area contributed by atoms with Gasteiger partial charge >= 0.3 is 5.82 Å². The van der Waals surface area contributed by atoms with Gasteiger partial charge in [-0.3, -0.25) is 9.59 Å². The minimum atomic E-state index is -0.942. The average Bonchev–Trinajstić information content (AvgIpc) is 3.48. The van der Waals surface area contributed by atoms with Gasteiger partial charge in [0.1, 0.15) is 5.57 Å². The molecule has 2 aromatic rings. The van der Waals surface area contributed by atoms with Crippen LogP contribution in [0.25, 0.3) is 11.2 Å². The molecule has 0 radical (unpaired) electrons. The number of benzene rings is 1. The van der Waals surface area contributed by atoms with E-state index in [2.05, 4.69) is 0 Å². The van der Waals surface area contributed by atoms with Gasteiger partial charge in [-0.05, 0) is 19.3 Å². The Kier molecular flexibility index (Phi) is 7.51. The zero-order valence-electron chi connectivity index (χ0n) is 19.5. The average molecular weight is 509 g/mol. The van der Waals surface area contributed by atoms with Gasteiger partial charge in [0.15, 0.2) is 11.5 Å². The van der Waals surface area contributed by atoms with E-state index >= 15 is 0 Å². The van der Waals surface area contributed by atoms with Crippen LogP contribution in [0.4, 0.5) is 0 Å². The molecule has 0 aliphatic carbocycles. The molecule has 1 aromatic carbocycles. The van der Waals surface area contributed by atoms with Gasteiger partial charge < -0.3 is 18.7 Å². The number of rotatable bonds is 10. The van der Waals surface area contributed by atoms with Crippen molar-refractivity contribution in [1.29, 1.82) is 0 Å². The van der Waals surface area contributed by atoms with Crippen molar-refractivity contribution in [3.05, 3.63) is 20.4 Å². The predicted molar refractivity (Wildman–Crippen MR) is 129 cm³/mol. The minimum Gasteiger partial charge on any atom is -0.503 e. The summed E-state index contributed by atoms with van der Waals surface area (Å²) < 4.78 is 16.6. The number of ether oxygens (including phenoxy) is 1. The lowest BCUT2D eigenvalue weighted by Gasteiger charge is -2.27. The van der Waals surface area contributed by atoms with Crippen molar-refractivity contribution < 1.29 is 28.3 Å². The molecule has 0 bridgehead atoms. The summed E-state index contributed by atoms with van der Waals surface area (Å²) in [5.74, 6) is -1.60. The number of carbonyl (C=O) groups is 2. The van der Waals surface area contributed by atoms with Crippen LogP contribution >= 0.6 is 23.5 Å². The topological polar surface area (TPSA) is 113 Å². The van der Waals surface area contributed by atoms with E-state index in [4.69, 9.17) is 13.6 Å². The summed E-state index contributed by atoms with van der Waals surface area (Å²) in [5, 5.41) is 13.9. The van der Waals surface area contributed by atoms with Crippen LogP contribution in [0.3, 0.4) is 0 Å². The van der Waals surface area contributed by atoms with Gasteiger partial charge in [0.25, 0.3) is 11.8 Å². The first kappa shape index (κ1) is 24.6. The van der Waals surface area contributed by atoms with Crippen LogP contribution in [0.1, 0.15) is 59.3 Å². The van der Waals surface area contributed by atoms with Crippen molar-refractivity contribution in [1.82, 2.24) is 10.0 Å². The van der Waals surface area contributed by atoms with Crippen LogP contribution in [0.2, 0.25) is 0 Å². The van der Waals surface area contributed by atoms with Gasteiger partial charge in [-0.25, -0.2) is 14.8 Å². The Morgan fingerprint density at radius 1 is 0.824 bits per heavy atom. The van der Waals surface area contributed by atoms with E-state index in [1.165, 1.54) is 21.8 Å². The van der Waals surface area contributed by atoms with E-state index in [1.54, 1.807) is 0 Å². The smallest absolute Gasteiger partial charge is 0.503 e. The fraction of sp³-hybridized carbons (Fsp3) is 0.522. The van der Waals surface area contributed by atoms with Gasteiger partial charge in [0.05, 0.1) is 20.6 Å². The first-order valence-electron chi connectivity index (χ1n) is 11.6. The first-order chi connectivity index (χ1) is 16.4. The molecule has 184 valence electrons. The minimum absolute atomic E-state index is 0.0231. The van der Waals surface area contributed by atoms with Gasteiger partial charge in [0.2, 0.25) is 11.2 Å². The lowest BCUT2D eigenvalue weighted by Crippen LogP contribution is -2.42. The molecule has 4 rings (SSSR count). The molecule has 0 saturated carbocycles. The number of phenols is 1. The summed E-state index contributed by atoms with van der Waals surface area (Å²) in [7, 11) is 0. The molecule has 3 heterocycles. The second kappa shape index (κ2) is 10.4. The fourth-order valence-electron chi connectivity index (χ4n) is 3.75. The number of hydrazine groups is 1. The second-order valence-corrected chi connectivity index (χ2v) is 10.4. The lowest BCUT2D eigenvalue weighted by atomic mass is 10.3. The number of carbonyl (C=O) groups excluding carboxylic acids is 2. The highest BCUT2D eigenvalue weighted by Gasteiger charge is 2.45. The third-order valence-electron chi connectivity index (χ3n) is 5.60. The van der Waals surface area contributed by atoms with Crippen LogP contribution in [0, 0.1) is 0 Å². The highest BCUT2D eigenvalue weighted by Crippen LogP contribution is 2.61. The monoisotopic (exact) mass is 508 g/mol. The van der Waals surface area contributed by atoms with E-state index in [-0.39, 0.29) is 40.1 Å². The molecule has 0 atom stereocenters. The third-order valence-corrected chi connectivity index (χ3v) is 8.20. The zero-order chi connectivity index (χ0) is 24.4. The molecular weight excluding hydrogens is 480 g/mol. The Morgan fingerprint density at radius 3 is 1.97 bits per heavy atom. The Bertz CT molecular complexity index is 1170. The maximum absolute atomic E-state index is 13.3. The summed E-state index contributed by atoms with van der Waals surface area (Å²) in [6, 6.07) is 0. The highest BCUT2D eigenvalue weighted by atomic mass is 32.2. The molecule has 1 fully saturated rings. The van der Waals surface area contributed by atoms with Crippen molar-refractivity contribution >= 4 is 46.5 Å². The van der Waals surface area contributed by atoms with E-state index in [0.29, 0.717) is 33.7 Å². The summed E-state index contributed by atoms with van der Waals surface area (Å²) in [6.45, 7) is 7.42. The SMILES string of the molecule is CCCCOc1c2c(c(O)c3oc(=O)oc13)SC(=C1C(=O)N(CCCC)N(CCCC)C1=O)S2. The maximum atomic E-state index is 13.3.